The van der Waals surface area contributed by atoms with E-state index in [2.05, 4.69) is 9.72 Å². The molecule has 1 unspecified atom stereocenters. The highest BCUT2D eigenvalue weighted by Gasteiger charge is 2.31. The van der Waals surface area contributed by atoms with Crippen molar-refractivity contribution < 1.29 is 32.3 Å². The highest BCUT2D eigenvalue weighted by Crippen LogP contribution is 2.27. The zero-order valence-electron chi connectivity index (χ0n) is 16.6. The Hall–Kier alpha value is -3.60. The predicted molar refractivity (Wildman–Crippen MR) is 106 cm³/mol. The minimum atomic E-state index is -4.73. The molecule has 4 rings (SSSR count). The number of ether oxygens (including phenoxy) is 3. The van der Waals surface area contributed by atoms with E-state index in [9.17, 15) is 23.3 Å². The van der Waals surface area contributed by atoms with Crippen LogP contribution in [0, 0.1) is 10.1 Å². The fraction of sp³-hybridized carbons (Fsp3) is 0.286. The minimum Gasteiger partial charge on any atom is -0.440 e. The van der Waals surface area contributed by atoms with Crippen LogP contribution in [-0.2, 0) is 17.9 Å². The zero-order valence-corrected chi connectivity index (χ0v) is 16.6. The number of hydrogen-bond donors (Lipinski definition) is 0. The number of nitrogens with zero attached hydrogens (tertiary/aromatic N) is 3. The average molecular weight is 449 g/mol. The molecular formula is C21H18F3N3O5. The largest absolute Gasteiger partial charge is 0.573 e. The fourth-order valence-electron chi connectivity index (χ4n) is 3.33. The van der Waals surface area contributed by atoms with E-state index in [1.54, 1.807) is 16.7 Å². The zero-order chi connectivity index (χ0) is 22.7. The summed E-state index contributed by atoms with van der Waals surface area (Å²) in [5, 5.41) is 10.8. The molecule has 0 amide bonds. The normalized spacial score (nSPS) is 15.7. The number of fused-ring (bicyclic) bond motifs is 1. The summed E-state index contributed by atoms with van der Waals surface area (Å²) in [4.78, 5) is 14.1. The van der Waals surface area contributed by atoms with Gasteiger partial charge in [0, 0.05) is 17.9 Å². The molecule has 0 spiro atoms. The summed E-state index contributed by atoms with van der Waals surface area (Å²) in [6.45, 7) is 1.14. The summed E-state index contributed by atoms with van der Waals surface area (Å²) in [6.07, 6.45) is -3.02. The summed E-state index contributed by atoms with van der Waals surface area (Å²) < 4.78 is 53.8. The lowest BCUT2D eigenvalue weighted by Crippen LogP contribution is -2.30. The van der Waals surface area contributed by atoms with Gasteiger partial charge >= 0.3 is 18.2 Å². The van der Waals surface area contributed by atoms with Gasteiger partial charge in [0.2, 0.25) is 0 Å². The molecule has 0 saturated heterocycles. The van der Waals surface area contributed by atoms with Crippen LogP contribution in [0.3, 0.4) is 0 Å². The first-order chi connectivity index (χ1) is 15.3. The quantitative estimate of drug-likeness (QED) is 0.383. The molecule has 0 bridgehead atoms. The summed E-state index contributed by atoms with van der Waals surface area (Å²) in [5.74, 6) is -0.532. The molecule has 3 aromatic rings. The molecule has 0 aliphatic carbocycles. The van der Waals surface area contributed by atoms with E-state index in [4.69, 9.17) is 9.47 Å². The van der Waals surface area contributed by atoms with E-state index in [0.717, 1.165) is 16.7 Å². The first kappa shape index (κ1) is 21.6. The van der Waals surface area contributed by atoms with Crippen molar-refractivity contribution in [3.63, 3.8) is 0 Å². The van der Waals surface area contributed by atoms with Crippen molar-refractivity contribution in [3.8, 4) is 22.9 Å². The molecule has 2 heterocycles. The third kappa shape index (κ3) is 5.35. The van der Waals surface area contributed by atoms with Gasteiger partial charge in [0.25, 0.3) is 0 Å². The van der Waals surface area contributed by atoms with Gasteiger partial charge in [-0.2, -0.15) is 0 Å². The number of benzene rings is 2. The molecule has 8 nitrogen and oxygen atoms in total. The first-order valence-corrected chi connectivity index (χ1v) is 9.68. The molecule has 1 aliphatic rings. The maximum absolute atomic E-state index is 12.3. The summed E-state index contributed by atoms with van der Waals surface area (Å²) in [7, 11) is 0. The number of rotatable bonds is 7. The lowest BCUT2D eigenvalue weighted by molar-refractivity contribution is -0.389. The number of aromatic nitrogens is 2. The van der Waals surface area contributed by atoms with Crippen LogP contribution in [-0.4, -0.2) is 33.5 Å². The van der Waals surface area contributed by atoms with Crippen LogP contribution < -0.4 is 9.47 Å². The molecule has 0 fully saturated rings. The van der Waals surface area contributed by atoms with Gasteiger partial charge in [-0.3, -0.25) is 4.57 Å². The van der Waals surface area contributed by atoms with Gasteiger partial charge in [0.1, 0.15) is 18.1 Å². The van der Waals surface area contributed by atoms with Crippen molar-refractivity contribution >= 4 is 5.82 Å². The maximum atomic E-state index is 12.3. The van der Waals surface area contributed by atoms with E-state index in [-0.39, 0.29) is 30.3 Å². The molecule has 168 valence electrons. The lowest BCUT2D eigenvalue weighted by Gasteiger charge is -2.22. The van der Waals surface area contributed by atoms with E-state index in [1.807, 2.05) is 24.3 Å². The number of alkyl halides is 3. The second-order valence-corrected chi connectivity index (χ2v) is 7.15. The summed E-state index contributed by atoms with van der Waals surface area (Å²) in [6, 6.07) is 13.3. The molecule has 1 atom stereocenters. The van der Waals surface area contributed by atoms with Crippen LogP contribution in [0.1, 0.15) is 12.0 Å². The van der Waals surface area contributed by atoms with E-state index >= 15 is 0 Å². The Morgan fingerprint density at radius 1 is 1.19 bits per heavy atom. The molecule has 1 aliphatic heterocycles. The van der Waals surface area contributed by atoms with Crippen LogP contribution in [0.4, 0.5) is 19.0 Å². The molecule has 1 aromatic heterocycles. The Balaban J connectivity index is 1.32. The Morgan fingerprint density at radius 3 is 2.69 bits per heavy atom. The monoisotopic (exact) mass is 449 g/mol. The molecule has 0 saturated carbocycles. The average Bonchev–Trinajstić information content (AvgIpc) is 3.17. The number of imidazole rings is 1. The van der Waals surface area contributed by atoms with Crippen molar-refractivity contribution in [1.82, 2.24) is 9.55 Å². The molecule has 11 heteroatoms. The van der Waals surface area contributed by atoms with Gasteiger partial charge in [-0.1, -0.05) is 30.3 Å². The second kappa shape index (κ2) is 8.87. The smallest absolute Gasteiger partial charge is 0.440 e. The number of hydrogen-bond acceptors (Lipinski definition) is 6. The standard InChI is InChI=1S/C21H18F3N3O5/c22-21(23,24)32-17-6-4-15(5-7-17)16-3-1-2-14(10-16)12-30-13-18-8-9-26-11-19(27(28)29)25-20(26)31-18/h1-7,10-11,18H,8-9,12-13H2. The summed E-state index contributed by atoms with van der Waals surface area (Å²) >= 11 is 0. The fourth-order valence-corrected chi connectivity index (χ4v) is 3.33. The van der Waals surface area contributed by atoms with Crippen LogP contribution in [0.2, 0.25) is 0 Å². The van der Waals surface area contributed by atoms with E-state index < -0.39 is 11.3 Å². The second-order valence-electron chi connectivity index (χ2n) is 7.15. The van der Waals surface area contributed by atoms with Crippen molar-refractivity contribution in [2.24, 2.45) is 0 Å². The van der Waals surface area contributed by atoms with Gasteiger partial charge in [0.05, 0.1) is 13.2 Å². The number of nitro groups is 1. The van der Waals surface area contributed by atoms with Crippen LogP contribution in [0.25, 0.3) is 11.1 Å². The maximum Gasteiger partial charge on any atom is 0.573 e. The number of halogens is 3. The van der Waals surface area contributed by atoms with E-state index in [1.165, 1.54) is 18.3 Å². The van der Waals surface area contributed by atoms with E-state index in [0.29, 0.717) is 19.6 Å². The Morgan fingerprint density at radius 2 is 1.97 bits per heavy atom. The van der Waals surface area contributed by atoms with Crippen molar-refractivity contribution in [3.05, 3.63) is 70.4 Å². The highest BCUT2D eigenvalue weighted by atomic mass is 19.4. The van der Waals surface area contributed by atoms with Crippen molar-refractivity contribution in [2.45, 2.75) is 32.0 Å². The molecule has 0 radical (unpaired) electrons. The molecule has 0 N–H and O–H groups in total. The Bertz CT molecular complexity index is 1100. The number of aryl methyl sites for hydroxylation is 1. The lowest BCUT2D eigenvalue weighted by atomic mass is 10.0. The molecule has 2 aromatic carbocycles. The molecule has 32 heavy (non-hydrogen) atoms. The van der Waals surface area contributed by atoms with Crippen molar-refractivity contribution in [1.29, 1.82) is 0 Å². The molecular weight excluding hydrogens is 431 g/mol. The third-order valence-electron chi connectivity index (χ3n) is 4.80. The van der Waals surface area contributed by atoms with Gasteiger partial charge in [-0.05, 0) is 39.8 Å². The van der Waals surface area contributed by atoms with Gasteiger partial charge in [-0.15, -0.1) is 13.2 Å². The van der Waals surface area contributed by atoms with Gasteiger partial charge < -0.3 is 24.3 Å². The predicted octanol–water partition coefficient (Wildman–Crippen LogP) is 4.72. The highest BCUT2D eigenvalue weighted by molar-refractivity contribution is 5.64. The van der Waals surface area contributed by atoms with Crippen molar-refractivity contribution in [2.75, 3.05) is 6.61 Å². The van der Waals surface area contributed by atoms with Gasteiger partial charge in [-0.25, -0.2) is 0 Å². The Labute approximate surface area is 180 Å². The Kier molecular flexibility index (Phi) is 5.99. The first-order valence-electron chi connectivity index (χ1n) is 9.68. The SMILES string of the molecule is O=[N+]([O-])c1cn2c(n1)OC(COCc1cccc(-c3ccc(OC(F)(F)F)cc3)c1)CC2. The summed E-state index contributed by atoms with van der Waals surface area (Å²) in [5.41, 5.74) is 2.45. The van der Waals surface area contributed by atoms with Crippen LogP contribution in [0.5, 0.6) is 11.8 Å². The van der Waals surface area contributed by atoms with Crippen LogP contribution >= 0.6 is 0 Å². The van der Waals surface area contributed by atoms with Crippen LogP contribution in [0.15, 0.2) is 54.7 Å². The topological polar surface area (TPSA) is 88.7 Å². The van der Waals surface area contributed by atoms with Gasteiger partial charge in [0.15, 0.2) is 0 Å². The third-order valence-corrected chi connectivity index (χ3v) is 4.80. The minimum absolute atomic E-state index is 0.205.